The molecule has 0 bridgehead atoms. The molecule has 0 amide bonds. The van der Waals surface area contributed by atoms with Crippen molar-refractivity contribution in [3.8, 4) is 5.75 Å². The lowest BCUT2D eigenvalue weighted by molar-refractivity contribution is 0.476. The van der Waals surface area contributed by atoms with Gasteiger partial charge in [0.05, 0.1) is 5.01 Å². The minimum Gasteiger partial charge on any atom is -0.508 e. The summed E-state index contributed by atoms with van der Waals surface area (Å²) in [6.07, 6.45) is 4.78. The maximum absolute atomic E-state index is 9.37. The Morgan fingerprint density at radius 3 is 2.64 bits per heavy atom. The Morgan fingerprint density at radius 1 is 1.32 bits per heavy atom. The van der Waals surface area contributed by atoms with E-state index in [4.69, 9.17) is 0 Å². The van der Waals surface area contributed by atoms with E-state index in [1.165, 1.54) is 5.56 Å². The van der Waals surface area contributed by atoms with Crippen molar-refractivity contribution in [1.29, 1.82) is 0 Å². The second kappa shape index (κ2) is 9.97. The molecule has 0 radical (unpaired) electrons. The molecule has 22 heavy (non-hydrogen) atoms. The standard InChI is InChI=1S/C11H14N2O.C4H5NS.C2H6/c1-12-5-4-8-7-13-11-3-2-9(14)6-10(8)11;1-4-5-2-3-6-4;1-2/h2-3,6-7,12-14H,4-5H2,1H3;2-3H,1H3;1-2H3. The van der Waals surface area contributed by atoms with Crippen LogP contribution in [0.25, 0.3) is 10.9 Å². The van der Waals surface area contributed by atoms with Crippen molar-refractivity contribution < 1.29 is 5.11 Å². The van der Waals surface area contributed by atoms with Crippen LogP contribution in [0.4, 0.5) is 0 Å². The van der Waals surface area contributed by atoms with Crippen molar-refractivity contribution in [2.24, 2.45) is 0 Å². The van der Waals surface area contributed by atoms with Crippen LogP contribution < -0.4 is 5.32 Å². The first-order valence-electron chi connectivity index (χ1n) is 7.50. The third-order valence-corrected chi connectivity index (χ3v) is 3.66. The van der Waals surface area contributed by atoms with Crippen molar-refractivity contribution in [3.63, 3.8) is 0 Å². The fourth-order valence-corrected chi connectivity index (χ4v) is 2.37. The average Bonchev–Trinajstić information content (AvgIpc) is 3.17. The molecule has 0 aliphatic heterocycles. The van der Waals surface area contributed by atoms with Crippen molar-refractivity contribution in [2.75, 3.05) is 13.6 Å². The second-order valence-electron chi connectivity index (χ2n) is 4.45. The Balaban J connectivity index is 0.000000253. The van der Waals surface area contributed by atoms with Gasteiger partial charge in [-0.05, 0) is 50.7 Å². The quantitative estimate of drug-likeness (QED) is 0.681. The summed E-state index contributed by atoms with van der Waals surface area (Å²) < 4.78 is 0. The average molecular weight is 319 g/mol. The third-order valence-electron chi connectivity index (χ3n) is 2.95. The van der Waals surface area contributed by atoms with Crippen molar-refractivity contribution >= 4 is 22.2 Å². The van der Waals surface area contributed by atoms with Gasteiger partial charge in [0, 0.05) is 28.7 Å². The Hall–Kier alpha value is -1.85. The molecule has 120 valence electrons. The van der Waals surface area contributed by atoms with Crippen LogP contribution in [0.1, 0.15) is 24.4 Å². The largest absolute Gasteiger partial charge is 0.508 e. The molecule has 0 aliphatic rings. The van der Waals surface area contributed by atoms with Gasteiger partial charge in [-0.2, -0.15) is 0 Å². The minimum atomic E-state index is 0.322. The number of thiazole rings is 1. The molecule has 0 atom stereocenters. The number of aromatic hydroxyl groups is 1. The van der Waals surface area contributed by atoms with E-state index in [1.54, 1.807) is 29.7 Å². The van der Waals surface area contributed by atoms with Crippen molar-refractivity contribution in [2.45, 2.75) is 27.2 Å². The zero-order chi connectivity index (χ0) is 16.4. The van der Waals surface area contributed by atoms with Crippen LogP contribution >= 0.6 is 11.3 Å². The number of rotatable bonds is 3. The number of fused-ring (bicyclic) bond motifs is 1. The smallest absolute Gasteiger partial charge is 0.116 e. The van der Waals surface area contributed by atoms with Gasteiger partial charge >= 0.3 is 0 Å². The summed E-state index contributed by atoms with van der Waals surface area (Å²) >= 11 is 1.67. The fourth-order valence-electron chi connectivity index (χ4n) is 1.93. The normalized spacial score (nSPS) is 9.64. The number of aromatic amines is 1. The lowest BCUT2D eigenvalue weighted by Crippen LogP contribution is -2.09. The van der Waals surface area contributed by atoms with E-state index in [1.807, 2.05) is 45.5 Å². The number of hydrogen-bond acceptors (Lipinski definition) is 4. The molecule has 0 saturated heterocycles. The zero-order valence-corrected chi connectivity index (χ0v) is 14.5. The summed E-state index contributed by atoms with van der Waals surface area (Å²) in [4.78, 5) is 7.12. The number of hydrogen-bond donors (Lipinski definition) is 3. The molecule has 5 heteroatoms. The van der Waals surface area contributed by atoms with Gasteiger partial charge in [0.2, 0.25) is 0 Å². The van der Waals surface area contributed by atoms with Crippen LogP contribution in [0, 0.1) is 6.92 Å². The molecule has 0 aliphatic carbocycles. The molecule has 3 aromatic rings. The highest BCUT2D eigenvalue weighted by Crippen LogP contribution is 2.22. The van der Waals surface area contributed by atoms with Gasteiger partial charge in [-0.15, -0.1) is 11.3 Å². The van der Waals surface area contributed by atoms with Gasteiger partial charge < -0.3 is 15.4 Å². The predicted molar refractivity (Wildman–Crippen MR) is 95.8 cm³/mol. The van der Waals surface area contributed by atoms with Gasteiger partial charge in [0.25, 0.3) is 0 Å². The summed E-state index contributed by atoms with van der Waals surface area (Å²) in [7, 11) is 1.94. The molecule has 0 unspecified atom stereocenters. The SMILES string of the molecule is CC.CNCCc1c[nH]c2ccc(O)cc12.Cc1nccs1. The van der Waals surface area contributed by atoms with E-state index in [9.17, 15) is 5.11 Å². The maximum atomic E-state index is 9.37. The molecule has 4 nitrogen and oxygen atoms in total. The van der Waals surface area contributed by atoms with Crippen molar-refractivity contribution in [3.05, 3.63) is 46.5 Å². The van der Waals surface area contributed by atoms with Crippen molar-refractivity contribution in [1.82, 2.24) is 15.3 Å². The Kier molecular flexibility index (Phi) is 8.25. The highest BCUT2D eigenvalue weighted by atomic mass is 32.1. The summed E-state index contributed by atoms with van der Waals surface area (Å²) in [6, 6.07) is 5.39. The van der Waals surface area contributed by atoms with Crippen LogP contribution in [-0.2, 0) is 6.42 Å². The maximum Gasteiger partial charge on any atom is 0.116 e. The number of benzene rings is 1. The van der Waals surface area contributed by atoms with Gasteiger partial charge in [0.1, 0.15) is 5.75 Å². The summed E-state index contributed by atoms with van der Waals surface area (Å²) in [5, 5.41) is 16.7. The summed E-state index contributed by atoms with van der Waals surface area (Å²) in [5.74, 6) is 0.322. The minimum absolute atomic E-state index is 0.322. The molecule has 0 spiro atoms. The van der Waals surface area contributed by atoms with E-state index in [0.717, 1.165) is 28.9 Å². The Labute approximate surface area is 136 Å². The number of nitrogens with one attached hydrogen (secondary N) is 2. The first-order valence-corrected chi connectivity index (χ1v) is 8.38. The molecule has 3 rings (SSSR count). The van der Waals surface area contributed by atoms with Gasteiger partial charge in [-0.3, -0.25) is 4.98 Å². The first kappa shape index (κ1) is 18.2. The van der Waals surface area contributed by atoms with Crippen LogP contribution in [0.5, 0.6) is 5.75 Å². The zero-order valence-electron chi connectivity index (χ0n) is 13.7. The third kappa shape index (κ3) is 5.50. The van der Waals surface area contributed by atoms with Gasteiger partial charge in [0.15, 0.2) is 0 Å². The number of phenols is 1. The molecule has 2 aromatic heterocycles. The Morgan fingerprint density at radius 2 is 2.09 bits per heavy atom. The monoisotopic (exact) mass is 319 g/mol. The molecular formula is C17H25N3OS. The fraction of sp³-hybridized carbons (Fsp3) is 0.353. The first-order chi connectivity index (χ1) is 10.7. The van der Waals surface area contributed by atoms with E-state index < -0.39 is 0 Å². The molecule has 3 N–H and O–H groups in total. The molecular weight excluding hydrogens is 294 g/mol. The lowest BCUT2D eigenvalue weighted by atomic mass is 10.1. The Bertz CT molecular complexity index is 647. The molecule has 0 saturated carbocycles. The second-order valence-corrected chi connectivity index (χ2v) is 5.55. The number of nitrogens with zero attached hydrogens (tertiary/aromatic N) is 1. The summed E-state index contributed by atoms with van der Waals surface area (Å²) in [5.41, 5.74) is 2.32. The van der Waals surface area contributed by atoms with E-state index in [0.29, 0.717) is 5.75 Å². The van der Waals surface area contributed by atoms with Gasteiger partial charge in [-0.25, -0.2) is 0 Å². The topological polar surface area (TPSA) is 60.9 Å². The van der Waals surface area contributed by atoms with Crippen LogP contribution in [-0.4, -0.2) is 28.7 Å². The predicted octanol–water partition coefficient (Wildman–Crippen LogP) is 4.11. The number of likely N-dealkylation sites (N-methyl/N-ethyl adjacent to an activating group) is 1. The van der Waals surface area contributed by atoms with Crippen LogP contribution in [0.2, 0.25) is 0 Å². The lowest BCUT2D eigenvalue weighted by Gasteiger charge is -1.98. The highest BCUT2D eigenvalue weighted by Gasteiger charge is 2.03. The number of H-pyrrole nitrogens is 1. The molecule has 2 heterocycles. The molecule has 1 aromatic carbocycles. The van der Waals surface area contributed by atoms with Gasteiger partial charge in [-0.1, -0.05) is 13.8 Å². The number of aryl methyl sites for hydroxylation is 1. The summed E-state index contributed by atoms with van der Waals surface area (Å²) in [6.45, 7) is 6.94. The molecule has 0 fully saturated rings. The van der Waals surface area contributed by atoms with E-state index >= 15 is 0 Å². The number of phenolic OH excluding ortho intramolecular Hbond substituents is 1. The van der Waals surface area contributed by atoms with E-state index in [2.05, 4.69) is 15.3 Å². The van der Waals surface area contributed by atoms with Crippen LogP contribution in [0.15, 0.2) is 36.0 Å². The highest BCUT2D eigenvalue weighted by molar-refractivity contribution is 7.09. The number of aromatic nitrogens is 2. The van der Waals surface area contributed by atoms with E-state index in [-0.39, 0.29) is 0 Å². The van der Waals surface area contributed by atoms with Crippen LogP contribution in [0.3, 0.4) is 0 Å².